The molecule has 5 heteroatoms. The molecule has 1 unspecified atom stereocenters. The highest BCUT2D eigenvalue weighted by molar-refractivity contribution is 5.95. The second kappa shape index (κ2) is 10.3. The fourth-order valence-electron chi connectivity index (χ4n) is 3.28. The van der Waals surface area contributed by atoms with Crippen molar-refractivity contribution in [1.82, 2.24) is 5.32 Å². The van der Waals surface area contributed by atoms with Crippen LogP contribution >= 0.6 is 12.4 Å². The lowest BCUT2D eigenvalue weighted by Crippen LogP contribution is -2.31. The number of hydrogen-bond acceptors (Lipinski definition) is 2. The quantitative estimate of drug-likeness (QED) is 0.493. The van der Waals surface area contributed by atoms with Crippen molar-refractivity contribution in [1.29, 1.82) is 0 Å². The molecule has 144 valence electrons. The number of nitrogens with one attached hydrogen (secondary N) is 1. The lowest BCUT2D eigenvalue weighted by atomic mass is 9.90. The average Bonchev–Trinajstić information content (AvgIpc) is 2.67. The molecule has 0 aromatic heterocycles. The highest BCUT2D eigenvalue weighted by Gasteiger charge is 2.15. The van der Waals surface area contributed by atoms with Gasteiger partial charge in [0.2, 0.25) is 0 Å². The molecule has 1 N–H and O–H groups in total. The molecular formula is C22H24ClF2NO. The number of halogens is 3. The zero-order valence-electron chi connectivity index (χ0n) is 15.1. The predicted octanol–water partition coefficient (Wildman–Crippen LogP) is 5.58. The number of carbonyl (C=O) groups excluding carboxylic acids is 1. The van der Waals surface area contributed by atoms with Crippen LogP contribution in [0.15, 0.2) is 54.6 Å². The highest BCUT2D eigenvalue weighted by atomic mass is 35.5. The maximum atomic E-state index is 13.0. The summed E-state index contributed by atoms with van der Waals surface area (Å²) in [6.07, 6.45) is 6.40. The molecule has 0 saturated carbocycles. The van der Waals surface area contributed by atoms with E-state index in [-0.39, 0.29) is 29.8 Å². The van der Waals surface area contributed by atoms with Crippen molar-refractivity contribution in [3.63, 3.8) is 0 Å². The number of hydrogen-bond donors (Lipinski definition) is 1. The number of allylic oxidation sites excluding steroid dienone is 1. The second-order valence-electron chi connectivity index (χ2n) is 6.70. The highest BCUT2D eigenvalue weighted by Crippen LogP contribution is 2.27. The third kappa shape index (κ3) is 6.26. The fraction of sp³-hybridized carbons (Fsp3) is 0.318. The van der Waals surface area contributed by atoms with E-state index in [1.165, 1.54) is 42.0 Å². The van der Waals surface area contributed by atoms with Crippen molar-refractivity contribution in [3.05, 3.63) is 77.4 Å². The summed E-state index contributed by atoms with van der Waals surface area (Å²) in [7, 11) is 0. The van der Waals surface area contributed by atoms with Crippen molar-refractivity contribution >= 4 is 23.8 Å². The minimum absolute atomic E-state index is 0. The smallest absolute Gasteiger partial charge is 0.162 e. The minimum atomic E-state index is -0.325. The van der Waals surface area contributed by atoms with Crippen LogP contribution in [-0.4, -0.2) is 18.4 Å². The Bertz CT molecular complexity index is 772. The van der Waals surface area contributed by atoms with E-state index in [1.807, 2.05) is 12.1 Å². The van der Waals surface area contributed by atoms with Gasteiger partial charge in [-0.1, -0.05) is 18.2 Å². The Kier molecular flexibility index (Phi) is 8.14. The van der Waals surface area contributed by atoms with Crippen LogP contribution in [0.3, 0.4) is 0 Å². The summed E-state index contributed by atoms with van der Waals surface area (Å²) in [5, 5.41) is 3.50. The maximum Gasteiger partial charge on any atom is 0.162 e. The first-order chi connectivity index (χ1) is 12.6. The van der Waals surface area contributed by atoms with Gasteiger partial charge in [0.05, 0.1) is 0 Å². The van der Waals surface area contributed by atoms with Crippen molar-refractivity contribution in [3.8, 4) is 0 Å². The first-order valence-electron chi connectivity index (χ1n) is 9.09. The lowest BCUT2D eigenvalue weighted by molar-refractivity contribution is 0.0979. The molecular weight excluding hydrogens is 368 g/mol. The molecule has 0 saturated heterocycles. The van der Waals surface area contributed by atoms with E-state index < -0.39 is 0 Å². The van der Waals surface area contributed by atoms with Gasteiger partial charge in [-0.15, -0.1) is 12.4 Å². The van der Waals surface area contributed by atoms with Crippen LogP contribution in [0.2, 0.25) is 0 Å². The first kappa shape index (κ1) is 21.3. The van der Waals surface area contributed by atoms with Gasteiger partial charge >= 0.3 is 0 Å². The Morgan fingerprint density at radius 2 is 1.63 bits per heavy atom. The maximum absolute atomic E-state index is 13.0. The van der Waals surface area contributed by atoms with Gasteiger partial charge in [-0.05, 0) is 79.8 Å². The minimum Gasteiger partial charge on any atom is -0.314 e. The Balaban J connectivity index is 0.00000261. The molecule has 0 fully saturated rings. The number of Topliss-reactive ketones (excluding diaryl/α,β-unsaturated/α-hetero) is 1. The van der Waals surface area contributed by atoms with E-state index in [0.29, 0.717) is 18.0 Å². The molecule has 27 heavy (non-hydrogen) atoms. The lowest BCUT2D eigenvalue weighted by Gasteiger charge is -2.23. The van der Waals surface area contributed by atoms with Gasteiger partial charge in [-0.3, -0.25) is 4.79 Å². The van der Waals surface area contributed by atoms with Gasteiger partial charge < -0.3 is 5.32 Å². The van der Waals surface area contributed by atoms with E-state index in [9.17, 15) is 13.6 Å². The summed E-state index contributed by atoms with van der Waals surface area (Å²) >= 11 is 0. The molecule has 0 radical (unpaired) electrons. The average molecular weight is 392 g/mol. The molecule has 0 aliphatic heterocycles. The Morgan fingerprint density at radius 3 is 2.22 bits per heavy atom. The third-order valence-electron chi connectivity index (χ3n) is 4.81. The van der Waals surface area contributed by atoms with Gasteiger partial charge in [0.15, 0.2) is 5.78 Å². The normalized spacial score (nSPS) is 16.4. The summed E-state index contributed by atoms with van der Waals surface area (Å²) < 4.78 is 25.9. The summed E-state index contributed by atoms with van der Waals surface area (Å²) in [4.78, 5) is 12.0. The van der Waals surface area contributed by atoms with Gasteiger partial charge in [0, 0.05) is 18.0 Å². The van der Waals surface area contributed by atoms with Crippen molar-refractivity contribution in [2.24, 2.45) is 0 Å². The molecule has 2 aromatic rings. The molecule has 1 aliphatic rings. The van der Waals surface area contributed by atoms with Crippen molar-refractivity contribution < 1.29 is 13.6 Å². The standard InChI is InChI=1S/C22H23F2NO.ClH/c23-19-9-3-16(4-10-19)17-7-13-21(14-8-17)25-15-1-2-22(26)18-5-11-20(24)12-6-18;/h3-7,9-12,21,25H,1-2,8,13-15H2;1H. The van der Waals surface area contributed by atoms with E-state index in [1.54, 1.807) is 0 Å². The van der Waals surface area contributed by atoms with Crippen LogP contribution in [0.4, 0.5) is 8.78 Å². The number of ketones is 1. The summed E-state index contributed by atoms with van der Waals surface area (Å²) in [6, 6.07) is 12.8. The Hall–Kier alpha value is -2.04. The molecule has 1 atom stereocenters. The summed E-state index contributed by atoms with van der Waals surface area (Å²) in [6.45, 7) is 0.789. The zero-order chi connectivity index (χ0) is 18.4. The summed E-state index contributed by atoms with van der Waals surface area (Å²) in [5.41, 5.74) is 2.93. The topological polar surface area (TPSA) is 29.1 Å². The van der Waals surface area contributed by atoms with Crippen LogP contribution < -0.4 is 5.32 Å². The summed E-state index contributed by atoms with van der Waals surface area (Å²) in [5.74, 6) is -0.484. The van der Waals surface area contributed by atoms with E-state index in [4.69, 9.17) is 0 Å². The molecule has 0 spiro atoms. The van der Waals surface area contributed by atoms with E-state index in [0.717, 1.165) is 37.8 Å². The van der Waals surface area contributed by atoms with Gasteiger partial charge in [-0.25, -0.2) is 8.78 Å². The van der Waals surface area contributed by atoms with Crippen LogP contribution in [0.5, 0.6) is 0 Å². The molecule has 0 amide bonds. The van der Waals surface area contributed by atoms with Gasteiger partial charge in [0.1, 0.15) is 11.6 Å². The monoisotopic (exact) mass is 391 g/mol. The Morgan fingerprint density at radius 1 is 1.00 bits per heavy atom. The van der Waals surface area contributed by atoms with Crippen LogP contribution in [0.1, 0.15) is 48.0 Å². The van der Waals surface area contributed by atoms with Crippen molar-refractivity contribution in [2.45, 2.75) is 38.1 Å². The molecule has 0 heterocycles. The third-order valence-corrected chi connectivity index (χ3v) is 4.81. The first-order valence-corrected chi connectivity index (χ1v) is 9.09. The number of carbonyl (C=O) groups is 1. The van der Waals surface area contributed by atoms with Crippen molar-refractivity contribution in [2.75, 3.05) is 6.54 Å². The molecule has 2 aromatic carbocycles. The number of rotatable bonds is 7. The zero-order valence-corrected chi connectivity index (χ0v) is 15.9. The van der Waals surface area contributed by atoms with Crippen LogP contribution in [0, 0.1) is 11.6 Å². The van der Waals surface area contributed by atoms with Gasteiger partial charge in [-0.2, -0.15) is 0 Å². The molecule has 1 aliphatic carbocycles. The second-order valence-corrected chi connectivity index (χ2v) is 6.70. The largest absolute Gasteiger partial charge is 0.314 e. The van der Waals surface area contributed by atoms with Crippen LogP contribution in [0.25, 0.3) is 5.57 Å². The van der Waals surface area contributed by atoms with Gasteiger partial charge in [0.25, 0.3) is 0 Å². The fourth-order valence-corrected chi connectivity index (χ4v) is 3.28. The Labute approximate surface area is 165 Å². The predicted molar refractivity (Wildman–Crippen MR) is 107 cm³/mol. The van der Waals surface area contributed by atoms with Crippen LogP contribution in [-0.2, 0) is 0 Å². The molecule has 2 nitrogen and oxygen atoms in total. The van der Waals surface area contributed by atoms with E-state index >= 15 is 0 Å². The SMILES string of the molecule is Cl.O=C(CCCNC1CC=C(c2ccc(F)cc2)CC1)c1ccc(F)cc1. The molecule has 0 bridgehead atoms. The number of benzene rings is 2. The molecule has 3 rings (SSSR count). The van der Waals surface area contributed by atoms with E-state index in [2.05, 4.69) is 11.4 Å².